The van der Waals surface area contributed by atoms with Gasteiger partial charge in [-0.2, -0.15) is 0 Å². The molecule has 18 rings (SSSR count). The predicted molar refractivity (Wildman–Crippen MR) is 370 cm³/mol. The maximum atomic E-state index is 7.26. The summed E-state index contributed by atoms with van der Waals surface area (Å²) in [5.74, 6) is 0. The number of hydrogen-bond donors (Lipinski definition) is 0. The van der Waals surface area contributed by atoms with Crippen molar-refractivity contribution >= 4 is 133 Å². The van der Waals surface area contributed by atoms with Gasteiger partial charge in [0.2, 0.25) is 0 Å². The van der Waals surface area contributed by atoms with Crippen LogP contribution in [-0.4, -0.2) is 17.8 Å². The topological polar surface area (TPSA) is 26.1 Å². The Morgan fingerprint density at radius 1 is 0.414 bits per heavy atom. The van der Waals surface area contributed by atoms with E-state index < -0.39 is 0 Å². The van der Waals surface area contributed by atoms with Gasteiger partial charge in [-0.1, -0.05) is 182 Å². The lowest BCUT2D eigenvalue weighted by Crippen LogP contribution is -2.62. The summed E-state index contributed by atoms with van der Waals surface area (Å²) in [6, 6.07) is 79.8. The Kier molecular flexibility index (Phi) is 10.7. The average Bonchev–Trinajstić information content (AvgIpc) is 1.74. The molecule has 4 aliphatic heterocycles. The molecule has 5 nitrogen and oxygen atoms in total. The van der Waals surface area contributed by atoms with E-state index in [1.165, 1.54) is 141 Å². The predicted octanol–water partition coefficient (Wildman–Crippen LogP) is 20.5. The zero-order chi connectivity index (χ0) is 58.5. The normalized spacial score (nSPS) is 22.6. The Labute approximate surface area is 515 Å². The summed E-state index contributed by atoms with van der Waals surface area (Å²) in [5, 5.41) is 4.86. The van der Waals surface area contributed by atoms with E-state index in [9.17, 15) is 0 Å². The van der Waals surface area contributed by atoms with Crippen LogP contribution in [0.3, 0.4) is 0 Å². The summed E-state index contributed by atoms with van der Waals surface area (Å²) in [4.78, 5) is 10.9. The van der Waals surface area contributed by atoms with Gasteiger partial charge in [-0.15, -0.1) is 11.3 Å². The second-order valence-corrected chi connectivity index (χ2v) is 29.3. The lowest BCUT2D eigenvalue weighted by atomic mass is 9.33. The van der Waals surface area contributed by atoms with Crippen LogP contribution in [0.2, 0.25) is 0 Å². The molecular weight excluding hydrogens is 1080 g/mol. The van der Waals surface area contributed by atoms with Crippen LogP contribution < -0.4 is 36.0 Å². The van der Waals surface area contributed by atoms with Crippen LogP contribution in [-0.2, 0) is 16.2 Å². The molecule has 6 aliphatic rings. The zero-order valence-electron chi connectivity index (χ0n) is 51.0. The highest BCUT2D eigenvalue weighted by molar-refractivity contribution is 7.25. The fraction of sp³-hybridized carbons (Fsp3) is 0.250. The number of hydrogen-bond acceptors (Lipinski definition) is 6. The van der Waals surface area contributed by atoms with Crippen LogP contribution in [0.15, 0.2) is 211 Å². The first-order valence-corrected chi connectivity index (χ1v) is 32.8. The summed E-state index contributed by atoms with van der Waals surface area (Å²) >= 11 is 1.89. The number of nitrogens with zero attached hydrogens (tertiary/aromatic N) is 4. The number of para-hydroxylation sites is 3. The van der Waals surface area contributed by atoms with E-state index in [0.29, 0.717) is 0 Å². The second kappa shape index (κ2) is 18.0. The van der Waals surface area contributed by atoms with Gasteiger partial charge < -0.3 is 24.0 Å². The lowest BCUT2D eigenvalue weighted by molar-refractivity contribution is 0.195. The second-order valence-electron chi connectivity index (χ2n) is 28.2. The number of rotatable bonds is 5. The molecule has 6 heterocycles. The SMILES string of the molecule is CC(C)(C)c1ccc2c(c1)B1c3ccc(N4c5ccc(-c6ccccc6)cc5C5(C)CCCCC45C)cc3N(c3cccc4c3oc3ccccc34)c3cc(N4c5ccccc5C5(C)CCCCC45C)cc(c31)N2c1ccc2sc3ccccc3c2c1. The van der Waals surface area contributed by atoms with E-state index in [4.69, 9.17) is 4.42 Å². The molecule has 2 fully saturated rings. The van der Waals surface area contributed by atoms with Crippen molar-refractivity contribution in [1.29, 1.82) is 0 Å². The fourth-order valence-electron chi connectivity index (χ4n) is 18.1. The van der Waals surface area contributed by atoms with E-state index in [0.717, 1.165) is 53.3 Å². The van der Waals surface area contributed by atoms with Crippen molar-refractivity contribution in [3.63, 3.8) is 0 Å². The van der Waals surface area contributed by atoms with Crippen molar-refractivity contribution in [1.82, 2.24) is 0 Å². The van der Waals surface area contributed by atoms with Gasteiger partial charge in [-0.25, -0.2) is 0 Å². The fourth-order valence-corrected chi connectivity index (χ4v) is 19.1. The highest BCUT2D eigenvalue weighted by Crippen LogP contribution is 2.64. The van der Waals surface area contributed by atoms with Crippen molar-refractivity contribution in [3.05, 3.63) is 223 Å². The number of furan rings is 1. The molecule has 0 N–H and O–H groups in total. The third-order valence-electron chi connectivity index (χ3n) is 22.9. The molecule has 2 saturated carbocycles. The molecule has 0 amide bonds. The Hall–Kier alpha value is -8.52. The van der Waals surface area contributed by atoms with E-state index in [-0.39, 0.29) is 34.0 Å². The van der Waals surface area contributed by atoms with Crippen molar-refractivity contribution in [2.45, 2.75) is 127 Å². The number of benzene rings is 10. The van der Waals surface area contributed by atoms with Crippen LogP contribution in [0, 0.1) is 0 Å². The molecule has 426 valence electrons. The molecular formula is C80H71BN4OS. The molecule has 0 radical (unpaired) electrons. The minimum Gasteiger partial charge on any atom is -0.454 e. The Bertz CT molecular complexity index is 4900. The van der Waals surface area contributed by atoms with E-state index in [1.807, 2.05) is 11.3 Å². The highest BCUT2D eigenvalue weighted by atomic mass is 32.1. The Balaban J connectivity index is 0.959. The van der Waals surface area contributed by atoms with Gasteiger partial charge in [-0.05, 0) is 174 Å². The molecule has 4 atom stereocenters. The maximum Gasteiger partial charge on any atom is 0.252 e. The van der Waals surface area contributed by atoms with Gasteiger partial charge in [-0.3, -0.25) is 0 Å². The van der Waals surface area contributed by atoms with Crippen LogP contribution in [0.25, 0.3) is 53.2 Å². The van der Waals surface area contributed by atoms with Gasteiger partial charge >= 0.3 is 0 Å². The maximum absolute atomic E-state index is 7.26. The lowest BCUT2D eigenvalue weighted by Gasteiger charge is -2.51. The minimum atomic E-state index is -0.183. The molecule has 0 spiro atoms. The molecule has 10 aromatic carbocycles. The summed E-state index contributed by atoms with van der Waals surface area (Å²) in [7, 11) is 0. The molecule has 0 bridgehead atoms. The molecule has 0 saturated heterocycles. The van der Waals surface area contributed by atoms with Gasteiger partial charge in [0.05, 0.1) is 16.8 Å². The molecule has 2 aliphatic carbocycles. The van der Waals surface area contributed by atoms with E-state index in [1.54, 1.807) is 0 Å². The standard InChI is InChI=1S/C80H71BN4OS/c1-76(2,3)52-33-38-66-63(45-52)81-62-36-34-54(84-65-37-32-51(50-22-9-8-10-23-50)44-61(65)78(5)41-18-20-43-80(78,84)7)47-68(62)83(67-29-21-26-58-56-24-11-15-30-71(56)86-75(58)67)70-49-55(85-64-28-14-13-27-60(64)77(4)40-17-19-42-79(77,85)6)48-69(74(70)81)82(66)53-35-39-73-59(46-53)57-25-12-16-31-72(57)87-73/h8-16,21-39,44-49H,17-20,40-43H2,1-7H3. The molecule has 7 heteroatoms. The first-order chi connectivity index (χ1) is 42.2. The number of anilines is 10. The summed E-state index contributed by atoms with van der Waals surface area (Å²) < 4.78 is 9.89. The quantitative estimate of drug-likeness (QED) is 0.160. The van der Waals surface area contributed by atoms with Crippen LogP contribution >= 0.6 is 11.3 Å². The molecule has 2 aromatic heterocycles. The summed E-state index contributed by atoms with van der Waals surface area (Å²) in [6.45, 7) is 17.3. The molecule has 4 unspecified atom stereocenters. The monoisotopic (exact) mass is 1150 g/mol. The zero-order valence-corrected chi connectivity index (χ0v) is 51.8. The van der Waals surface area contributed by atoms with Gasteiger partial charge in [0.1, 0.15) is 5.58 Å². The van der Waals surface area contributed by atoms with Crippen molar-refractivity contribution in [2.24, 2.45) is 0 Å². The molecule has 12 aromatic rings. The van der Waals surface area contributed by atoms with Crippen LogP contribution in [0.1, 0.15) is 117 Å². The first kappa shape index (κ1) is 51.7. The summed E-state index contributed by atoms with van der Waals surface area (Å²) in [5.41, 5.74) is 24.2. The molecule has 87 heavy (non-hydrogen) atoms. The highest BCUT2D eigenvalue weighted by Gasteiger charge is 2.60. The van der Waals surface area contributed by atoms with Crippen molar-refractivity contribution < 1.29 is 4.42 Å². The smallest absolute Gasteiger partial charge is 0.252 e. The van der Waals surface area contributed by atoms with Gasteiger partial charge in [0.15, 0.2) is 5.58 Å². The van der Waals surface area contributed by atoms with Crippen molar-refractivity contribution in [3.8, 4) is 11.1 Å². The largest absolute Gasteiger partial charge is 0.454 e. The Morgan fingerprint density at radius 3 is 1.84 bits per heavy atom. The van der Waals surface area contributed by atoms with Crippen molar-refractivity contribution in [2.75, 3.05) is 19.6 Å². The van der Waals surface area contributed by atoms with Crippen LogP contribution in [0.5, 0.6) is 0 Å². The Morgan fingerprint density at radius 2 is 1.03 bits per heavy atom. The number of fused-ring (bicyclic) bond motifs is 16. The average molecular weight is 1150 g/mol. The first-order valence-electron chi connectivity index (χ1n) is 32.0. The van der Waals surface area contributed by atoms with E-state index in [2.05, 4.69) is 274 Å². The third kappa shape index (κ3) is 6.93. The minimum absolute atomic E-state index is 0.0448. The third-order valence-corrected chi connectivity index (χ3v) is 24.0. The number of thiophene rings is 1. The van der Waals surface area contributed by atoms with Gasteiger partial charge in [0.25, 0.3) is 6.71 Å². The van der Waals surface area contributed by atoms with Crippen LogP contribution in [0.4, 0.5) is 56.9 Å². The summed E-state index contributed by atoms with van der Waals surface area (Å²) in [6.07, 6.45) is 9.37. The van der Waals surface area contributed by atoms with E-state index >= 15 is 0 Å². The van der Waals surface area contributed by atoms with Gasteiger partial charge in [0, 0.05) is 93.0 Å².